The summed E-state index contributed by atoms with van der Waals surface area (Å²) in [6.45, 7) is 4.30. The number of rotatable bonds is 8. The van der Waals surface area contributed by atoms with Gasteiger partial charge in [0.2, 0.25) is 0 Å². The van der Waals surface area contributed by atoms with Crippen molar-refractivity contribution in [2.75, 3.05) is 0 Å². The van der Waals surface area contributed by atoms with E-state index in [9.17, 15) is 13.0 Å². The molecule has 0 spiro atoms. The van der Waals surface area contributed by atoms with Crippen LogP contribution in [0, 0.1) is 0 Å². The van der Waals surface area contributed by atoms with Gasteiger partial charge < -0.3 is 4.98 Å². The van der Waals surface area contributed by atoms with Crippen molar-refractivity contribution in [3.63, 3.8) is 0 Å². The normalized spacial score (nSPS) is 12.0. The second-order valence-electron chi connectivity index (χ2n) is 6.83. The molecule has 0 aliphatic heterocycles. The van der Waals surface area contributed by atoms with E-state index in [4.69, 9.17) is 0 Å². The van der Waals surface area contributed by atoms with E-state index in [-0.39, 0.29) is 0 Å². The highest BCUT2D eigenvalue weighted by Crippen LogP contribution is 2.35. The quantitative estimate of drug-likeness (QED) is 0.414. The smallest absolute Gasteiger partial charge is 0.327 e. The molecule has 0 bridgehead atoms. The highest BCUT2D eigenvalue weighted by molar-refractivity contribution is 7.85. The number of H-pyrrole nitrogens is 1. The Labute approximate surface area is 160 Å². The molecule has 0 aliphatic carbocycles. The molecule has 1 aromatic heterocycles. The largest absolute Gasteiger partial charge is 0.328 e. The van der Waals surface area contributed by atoms with Gasteiger partial charge in [0.05, 0.1) is 11.0 Å². The van der Waals surface area contributed by atoms with Crippen LogP contribution in [-0.2, 0) is 23.0 Å². The molecule has 0 atom stereocenters. The van der Waals surface area contributed by atoms with Gasteiger partial charge in [-0.1, -0.05) is 63.4 Å². The number of aromatic nitrogens is 2. The summed E-state index contributed by atoms with van der Waals surface area (Å²) in [5, 5.41) is -0.403. The van der Waals surface area contributed by atoms with Crippen molar-refractivity contribution in [2.45, 2.75) is 57.5 Å². The Kier molecular flexibility index (Phi) is 5.97. The van der Waals surface area contributed by atoms with Crippen molar-refractivity contribution in [1.29, 1.82) is 0 Å². The first-order valence-corrected chi connectivity index (χ1v) is 11.0. The van der Waals surface area contributed by atoms with E-state index in [2.05, 4.69) is 23.8 Å². The Morgan fingerprint density at radius 2 is 1.81 bits per heavy atom. The predicted octanol–water partition coefficient (Wildman–Crippen LogP) is 5.16. The fraction of sp³-hybridized carbons (Fsp3) is 0.381. The Morgan fingerprint density at radius 3 is 2.44 bits per heavy atom. The van der Waals surface area contributed by atoms with Gasteiger partial charge >= 0.3 is 10.1 Å². The number of aryl methyl sites for hydroxylation is 1. The number of hydrogen-bond acceptors (Lipinski definition) is 3. The van der Waals surface area contributed by atoms with Crippen LogP contribution in [0.3, 0.4) is 0 Å². The van der Waals surface area contributed by atoms with Crippen molar-refractivity contribution in [1.82, 2.24) is 9.97 Å². The Balaban J connectivity index is 2.23. The molecule has 2 N–H and O–H groups in total. The minimum Gasteiger partial charge on any atom is -0.327 e. The molecule has 0 aliphatic rings. The molecule has 144 valence electrons. The fourth-order valence-electron chi connectivity index (χ4n) is 3.59. The number of fused-ring (bicyclic) bond motifs is 1. The number of nitrogens with zero attached hydrogens (tertiary/aromatic N) is 1. The predicted molar refractivity (Wildman–Crippen MR) is 109 cm³/mol. The summed E-state index contributed by atoms with van der Waals surface area (Å²) < 4.78 is 32.6. The summed E-state index contributed by atoms with van der Waals surface area (Å²) in [6.07, 6.45) is 6.42. The summed E-state index contributed by atoms with van der Waals surface area (Å²) in [6, 6.07) is 11.9. The highest BCUT2D eigenvalue weighted by atomic mass is 32.2. The van der Waals surface area contributed by atoms with Gasteiger partial charge in [-0.2, -0.15) is 8.42 Å². The second kappa shape index (κ2) is 8.23. The van der Waals surface area contributed by atoms with Crippen molar-refractivity contribution < 1.29 is 13.0 Å². The zero-order valence-electron chi connectivity index (χ0n) is 15.8. The zero-order chi connectivity index (χ0) is 19.4. The van der Waals surface area contributed by atoms with Crippen molar-refractivity contribution in [3.8, 4) is 11.1 Å². The lowest BCUT2D eigenvalue weighted by molar-refractivity contribution is 0.476. The van der Waals surface area contributed by atoms with Gasteiger partial charge in [-0.15, -0.1) is 0 Å². The van der Waals surface area contributed by atoms with Gasteiger partial charge in [0.15, 0.2) is 0 Å². The lowest BCUT2D eigenvalue weighted by Gasteiger charge is -2.15. The number of unbranched alkanes of at least 4 members (excludes halogenated alkanes) is 3. The highest BCUT2D eigenvalue weighted by Gasteiger charge is 2.21. The number of nitrogens with one attached hydrogen (secondary N) is 1. The van der Waals surface area contributed by atoms with Crippen LogP contribution in [0.2, 0.25) is 0 Å². The molecule has 0 fully saturated rings. The number of benzene rings is 2. The van der Waals surface area contributed by atoms with Crippen LogP contribution in [0.15, 0.2) is 41.6 Å². The van der Waals surface area contributed by atoms with Crippen molar-refractivity contribution in [2.24, 2.45) is 0 Å². The minimum absolute atomic E-state index is 0.403. The van der Waals surface area contributed by atoms with Crippen LogP contribution < -0.4 is 0 Å². The molecule has 0 saturated carbocycles. The van der Waals surface area contributed by atoms with Crippen LogP contribution in [0.4, 0.5) is 0 Å². The molecule has 27 heavy (non-hydrogen) atoms. The number of hydrogen-bond donors (Lipinski definition) is 2. The molecular weight excluding hydrogens is 360 g/mol. The molecule has 5 nitrogen and oxygen atoms in total. The zero-order valence-corrected chi connectivity index (χ0v) is 16.6. The number of aromatic amines is 1. The second-order valence-corrected chi connectivity index (χ2v) is 8.17. The molecular formula is C21H26N2O3S. The third-order valence-electron chi connectivity index (χ3n) is 4.92. The molecule has 6 heteroatoms. The van der Waals surface area contributed by atoms with Crippen LogP contribution in [0.25, 0.3) is 22.2 Å². The summed E-state index contributed by atoms with van der Waals surface area (Å²) in [4.78, 5) is 7.02. The first-order valence-electron chi connectivity index (χ1n) is 9.53. The summed E-state index contributed by atoms with van der Waals surface area (Å²) >= 11 is 0. The van der Waals surface area contributed by atoms with Crippen molar-refractivity contribution >= 4 is 21.2 Å². The van der Waals surface area contributed by atoms with Gasteiger partial charge in [0.1, 0.15) is 0 Å². The molecule has 3 rings (SSSR count). The third-order valence-corrected chi connectivity index (χ3v) is 5.60. The first-order chi connectivity index (χ1) is 13.0. The average molecular weight is 387 g/mol. The Morgan fingerprint density at radius 1 is 1.07 bits per heavy atom. The standard InChI is InChI=1S/C21H26N2O3S/c1-3-5-6-10-13-17-15(4-2)14-18-20(23-21(22-18)27(24,25)26)19(17)16-11-8-7-9-12-16/h7-9,11-12,14H,3-6,10,13H2,1-2H3,(H,22,23)(H,24,25,26). The molecule has 0 unspecified atom stereocenters. The van der Waals surface area contributed by atoms with Gasteiger partial charge in [-0.05, 0) is 42.0 Å². The fourth-order valence-corrected chi connectivity index (χ4v) is 4.04. The van der Waals surface area contributed by atoms with Gasteiger partial charge in [-0.3, -0.25) is 4.55 Å². The molecule has 0 amide bonds. The molecule has 3 aromatic rings. The SMILES string of the molecule is CCCCCCc1c(CC)cc2[nH]c(S(=O)(=O)O)nc2c1-c1ccccc1. The monoisotopic (exact) mass is 386 g/mol. The summed E-state index contributed by atoms with van der Waals surface area (Å²) in [5.74, 6) is 0. The molecule has 0 saturated heterocycles. The lowest BCUT2D eigenvalue weighted by atomic mass is 9.89. The maximum atomic E-state index is 11.6. The van der Waals surface area contributed by atoms with Crippen LogP contribution >= 0.6 is 0 Å². The van der Waals surface area contributed by atoms with Gasteiger partial charge in [0, 0.05) is 5.56 Å². The lowest BCUT2D eigenvalue weighted by Crippen LogP contribution is -2.00. The first kappa shape index (κ1) is 19.6. The van der Waals surface area contributed by atoms with Gasteiger partial charge in [-0.25, -0.2) is 4.98 Å². The molecule has 1 heterocycles. The van der Waals surface area contributed by atoms with Crippen LogP contribution in [0.1, 0.15) is 50.7 Å². The maximum Gasteiger partial charge on any atom is 0.328 e. The summed E-state index contributed by atoms with van der Waals surface area (Å²) in [5.41, 5.74) is 5.61. The third kappa shape index (κ3) is 4.22. The van der Waals surface area contributed by atoms with Crippen LogP contribution in [-0.4, -0.2) is 22.9 Å². The van der Waals surface area contributed by atoms with E-state index in [0.717, 1.165) is 30.4 Å². The van der Waals surface area contributed by atoms with E-state index >= 15 is 0 Å². The average Bonchev–Trinajstić information content (AvgIpc) is 3.09. The van der Waals surface area contributed by atoms with Crippen LogP contribution in [0.5, 0.6) is 0 Å². The Bertz CT molecular complexity index is 1020. The Hall–Kier alpha value is -2.18. The topological polar surface area (TPSA) is 83.0 Å². The summed E-state index contributed by atoms with van der Waals surface area (Å²) in [7, 11) is -4.39. The van der Waals surface area contributed by atoms with E-state index in [0.29, 0.717) is 11.0 Å². The van der Waals surface area contributed by atoms with E-state index in [1.165, 1.54) is 30.4 Å². The van der Waals surface area contributed by atoms with E-state index in [1.807, 2.05) is 36.4 Å². The van der Waals surface area contributed by atoms with Gasteiger partial charge in [0.25, 0.3) is 5.16 Å². The van der Waals surface area contributed by atoms with E-state index < -0.39 is 15.3 Å². The maximum absolute atomic E-state index is 11.6. The van der Waals surface area contributed by atoms with E-state index in [1.54, 1.807) is 0 Å². The minimum atomic E-state index is -4.39. The molecule has 0 radical (unpaired) electrons. The molecule has 2 aromatic carbocycles. The number of imidazole rings is 1. The van der Waals surface area contributed by atoms with Crippen molar-refractivity contribution in [3.05, 3.63) is 47.5 Å².